The number of rotatable bonds is 7. The van der Waals surface area contributed by atoms with E-state index in [4.69, 9.17) is 21.1 Å². The molecule has 12 heteroatoms. The highest BCUT2D eigenvalue weighted by molar-refractivity contribution is 6.30. The number of fused-ring (bicyclic) bond motifs is 1. The Bertz CT molecular complexity index is 1370. The molecular formula is C27H29ClFN7O3. The lowest BCUT2D eigenvalue weighted by Gasteiger charge is -2.40. The zero-order valence-corrected chi connectivity index (χ0v) is 22.3. The summed E-state index contributed by atoms with van der Waals surface area (Å²) in [6.45, 7) is 2.46. The van der Waals surface area contributed by atoms with Crippen LogP contribution in [0.25, 0.3) is 10.9 Å². The molecule has 2 aliphatic rings. The number of aromatic nitrogens is 3. The van der Waals surface area contributed by atoms with Crippen molar-refractivity contribution in [1.82, 2.24) is 24.8 Å². The molecule has 0 unspecified atom stereocenters. The number of hydrogen-bond donors (Lipinski definition) is 0. The molecule has 5 rings (SSSR count). The predicted octanol–water partition coefficient (Wildman–Crippen LogP) is 4.03. The summed E-state index contributed by atoms with van der Waals surface area (Å²) in [5.74, 6) is -0.338. The van der Waals surface area contributed by atoms with Crippen LogP contribution in [0.5, 0.6) is 6.01 Å². The summed E-state index contributed by atoms with van der Waals surface area (Å²) in [7, 11) is 2.04. The van der Waals surface area contributed by atoms with E-state index >= 15 is 4.39 Å². The van der Waals surface area contributed by atoms with Gasteiger partial charge in [0, 0.05) is 31.9 Å². The largest absolute Gasteiger partial charge is 0.462 e. The summed E-state index contributed by atoms with van der Waals surface area (Å²) in [6.07, 6.45) is 3.12. The van der Waals surface area contributed by atoms with Crippen molar-refractivity contribution in [2.45, 2.75) is 38.0 Å². The van der Waals surface area contributed by atoms with Crippen LogP contribution in [0.3, 0.4) is 0 Å². The van der Waals surface area contributed by atoms with E-state index in [1.54, 1.807) is 4.90 Å². The van der Waals surface area contributed by atoms with Crippen molar-refractivity contribution in [3.63, 3.8) is 0 Å². The van der Waals surface area contributed by atoms with Crippen LogP contribution in [0.15, 0.2) is 36.5 Å². The van der Waals surface area contributed by atoms with Gasteiger partial charge in [-0.15, -0.1) is 0 Å². The average Bonchev–Trinajstić information content (AvgIpc) is 3.37. The minimum absolute atomic E-state index is 0.0105. The lowest BCUT2D eigenvalue weighted by Crippen LogP contribution is -2.55. The zero-order chi connectivity index (χ0) is 27.4. The van der Waals surface area contributed by atoms with Crippen LogP contribution >= 0.6 is 11.6 Å². The SMILES string of the molecule is CN1CCC[C@H]1COc1nc(N2CCN(C(=O)OCc3ccccc3)[C@@H](CC#N)C2)c2cnc(Cl)c(F)c2n1. The second-order valence-corrected chi connectivity index (χ2v) is 10.1. The van der Waals surface area contributed by atoms with Crippen LogP contribution in [-0.4, -0.2) is 82.8 Å². The zero-order valence-electron chi connectivity index (χ0n) is 21.6. The molecule has 0 radical (unpaired) electrons. The van der Waals surface area contributed by atoms with Gasteiger partial charge in [-0.2, -0.15) is 15.2 Å². The van der Waals surface area contributed by atoms with Gasteiger partial charge in [0.25, 0.3) is 0 Å². The molecule has 2 aromatic heterocycles. The summed E-state index contributed by atoms with van der Waals surface area (Å²) < 4.78 is 26.5. The monoisotopic (exact) mass is 553 g/mol. The van der Waals surface area contributed by atoms with E-state index < -0.39 is 18.0 Å². The number of halogens is 2. The smallest absolute Gasteiger partial charge is 0.410 e. The maximum Gasteiger partial charge on any atom is 0.410 e. The summed E-state index contributed by atoms with van der Waals surface area (Å²) in [4.78, 5) is 31.5. The number of likely N-dealkylation sites (N-methyl/N-ethyl adjacent to an activating group) is 1. The molecule has 1 aromatic carbocycles. The topological polar surface area (TPSA) is 108 Å². The fraction of sp³-hybridized carbons (Fsp3) is 0.444. The minimum Gasteiger partial charge on any atom is -0.462 e. The standard InChI is InChI=1S/C27H29ClFN7O3/c1-34-11-5-8-20(34)17-38-26-32-23-21(14-31-24(28)22(23)29)25(33-26)35-12-13-36(19(15-35)9-10-30)27(37)39-16-18-6-3-2-4-7-18/h2-4,6-7,14,19-20H,5,8-9,11-13,15-17H2,1H3/t19-,20-/m0/s1. The number of pyridine rings is 1. The van der Waals surface area contributed by atoms with Crippen molar-refractivity contribution in [3.8, 4) is 12.1 Å². The highest BCUT2D eigenvalue weighted by Crippen LogP contribution is 2.32. The molecule has 0 bridgehead atoms. The third-order valence-corrected chi connectivity index (χ3v) is 7.49. The van der Waals surface area contributed by atoms with Crippen LogP contribution in [0.4, 0.5) is 15.0 Å². The van der Waals surface area contributed by atoms with Gasteiger partial charge in [-0.05, 0) is 32.0 Å². The van der Waals surface area contributed by atoms with Gasteiger partial charge in [0.2, 0.25) is 0 Å². The number of benzene rings is 1. The van der Waals surface area contributed by atoms with E-state index in [0.29, 0.717) is 24.4 Å². The molecule has 0 N–H and O–H groups in total. The molecule has 10 nitrogen and oxygen atoms in total. The number of likely N-dealkylation sites (tertiary alicyclic amines) is 1. The molecule has 1 amide bonds. The van der Waals surface area contributed by atoms with Gasteiger partial charge in [0.1, 0.15) is 24.5 Å². The van der Waals surface area contributed by atoms with Crippen molar-refractivity contribution < 1.29 is 18.7 Å². The third kappa shape index (κ3) is 5.97. The Labute approximate surface area is 230 Å². The Morgan fingerprint density at radius 2 is 2.03 bits per heavy atom. The molecule has 2 aliphatic heterocycles. The lowest BCUT2D eigenvalue weighted by atomic mass is 10.1. The minimum atomic E-state index is -0.752. The summed E-state index contributed by atoms with van der Waals surface area (Å²) in [6, 6.07) is 11.4. The van der Waals surface area contributed by atoms with Gasteiger partial charge in [-0.25, -0.2) is 14.2 Å². The molecule has 2 saturated heterocycles. The van der Waals surface area contributed by atoms with Crippen molar-refractivity contribution in [2.75, 3.05) is 44.7 Å². The van der Waals surface area contributed by atoms with Crippen LogP contribution < -0.4 is 9.64 Å². The van der Waals surface area contributed by atoms with E-state index in [1.807, 2.05) is 42.3 Å². The second-order valence-electron chi connectivity index (χ2n) is 9.74. The van der Waals surface area contributed by atoms with Crippen LogP contribution in [0, 0.1) is 17.1 Å². The molecule has 0 aliphatic carbocycles. The van der Waals surface area contributed by atoms with Crippen LogP contribution in [-0.2, 0) is 11.3 Å². The van der Waals surface area contributed by atoms with Crippen molar-refractivity contribution in [3.05, 3.63) is 53.1 Å². The number of nitriles is 1. The van der Waals surface area contributed by atoms with E-state index in [2.05, 4.69) is 25.9 Å². The number of piperazine rings is 1. The van der Waals surface area contributed by atoms with Crippen molar-refractivity contribution in [2.24, 2.45) is 0 Å². The molecule has 2 fully saturated rings. The Morgan fingerprint density at radius 3 is 2.77 bits per heavy atom. The highest BCUT2D eigenvalue weighted by Gasteiger charge is 2.33. The lowest BCUT2D eigenvalue weighted by molar-refractivity contribution is 0.0768. The van der Waals surface area contributed by atoms with Gasteiger partial charge >= 0.3 is 12.1 Å². The first kappa shape index (κ1) is 26.8. The summed E-state index contributed by atoms with van der Waals surface area (Å²) in [5.41, 5.74) is 0.884. The van der Waals surface area contributed by atoms with E-state index in [1.165, 1.54) is 6.20 Å². The summed E-state index contributed by atoms with van der Waals surface area (Å²) in [5, 5.41) is 9.57. The second kappa shape index (κ2) is 12.0. The van der Waals surface area contributed by atoms with E-state index in [-0.39, 0.29) is 48.8 Å². The van der Waals surface area contributed by atoms with Gasteiger partial charge in [0.15, 0.2) is 11.0 Å². The number of amides is 1. The fourth-order valence-corrected chi connectivity index (χ4v) is 5.17. The number of nitrogens with zero attached hydrogens (tertiary/aromatic N) is 7. The first-order chi connectivity index (χ1) is 18.9. The Kier molecular flexibility index (Phi) is 8.24. The van der Waals surface area contributed by atoms with Crippen molar-refractivity contribution >= 4 is 34.4 Å². The Morgan fingerprint density at radius 1 is 1.21 bits per heavy atom. The maximum absolute atomic E-state index is 15.0. The normalized spacial score (nSPS) is 19.7. The average molecular weight is 554 g/mol. The molecular weight excluding hydrogens is 525 g/mol. The highest BCUT2D eigenvalue weighted by atomic mass is 35.5. The van der Waals surface area contributed by atoms with Gasteiger partial charge < -0.3 is 24.2 Å². The van der Waals surface area contributed by atoms with E-state index in [0.717, 1.165) is 24.9 Å². The molecule has 0 spiro atoms. The molecule has 4 heterocycles. The van der Waals surface area contributed by atoms with Gasteiger partial charge in [-0.1, -0.05) is 41.9 Å². The molecule has 39 heavy (non-hydrogen) atoms. The number of carbonyl (C=O) groups is 1. The van der Waals surface area contributed by atoms with Crippen LogP contribution in [0.1, 0.15) is 24.8 Å². The quantitative estimate of drug-likeness (QED) is 0.401. The number of hydrogen-bond acceptors (Lipinski definition) is 9. The number of ether oxygens (including phenoxy) is 2. The van der Waals surface area contributed by atoms with Gasteiger partial charge in [-0.3, -0.25) is 0 Å². The molecule has 204 valence electrons. The van der Waals surface area contributed by atoms with E-state index in [9.17, 15) is 10.1 Å². The summed E-state index contributed by atoms with van der Waals surface area (Å²) >= 11 is 5.97. The van der Waals surface area contributed by atoms with Crippen LogP contribution in [0.2, 0.25) is 5.15 Å². The molecule has 3 aromatic rings. The van der Waals surface area contributed by atoms with Gasteiger partial charge in [0.05, 0.1) is 23.9 Å². The fourth-order valence-electron chi connectivity index (χ4n) is 5.04. The molecule has 0 saturated carbocycles. The Balaban J connectivity index is 1.37. The molecule has 2 atom stereocenters. The Hall–Kier alpha value is -3.75. The van der Waals surface area contributed by atoms with Crippen molar-refractivity contribution in [1.29, 1.82) is 5.26 Å². The predicted molar refractivity (Wildman–Crippen MR) is 143 cm³/mol. The number of anilines is 1. The number of carbonyl (C=O) groups excluding carboxylic acids is 1. The first-order valence-corrected chi connectivity index (χ1v) is 13.3. The first-order valence-electron chi connectivity index (χ1n) is 12.9. The maximum atomic E-state index is 15.0. The third-order valence-electron chi connectivity index (χ3n) is 7.23.